The number of nitrogens with one attached hydrogen (secondary N) is 1. The van der Waals surface area contributed by atoms with Crippen LogP contribution in [0.4, 0.5) is 4.39 Å². The molecule has 0 fully saturated rings. The zero-order valence-corrected chi connectivity index (χ0v) is 14.2. The lowest BCUT2D eigenvalue weighted by Gasteiger charge is -2.27. The Morgan fingerprint density at radius 2 is 2.14 bits per heavy atom. The van der Waals surface area contributed by atoms with Gasteiger partial charge in [0, 0.05) is 18.0 Å². The summed E-state index contributed by atoms with van der Waals surface area (Å²) in [5, 5.41) is 2.66. The predicted molar refractivity (Wildman–Crippen MR) is 83.5 cm³/mol. The summed E-state index contributed by atoms with van der Waals surface area (Å²) < 4.78 is 19.0. The molecule has 1 heterocycles. The first-order chi connectivity index (χ1) is 10.3. The predicted octanol–water partition coefficient (Wildman–Crippen LogP) is 3.42. The lowest BCUT2D eigenvalue weighted by Crippen LogP contribution is -2.34. The summed E-state index contributed by atoms with van der Waals surface area (Å²) in [6.07, 6.45) is -0.135. The van der Waals surface area contributed by atoms with E-state index in [0.717, 1.165) is 0 Å². The van der Waals surface area contributed by atoms with Crippen LogP contribution in [0.3, 0.4) is 0 Å². The summed E-state index contributed by atoms with van der Waals surface area (Å²) in [5.74, 6) is -1.48. The maximum atomic E-state index is 13.4. The van der Waals surface area contributed by atoms with Gasteiger partial charge in [0.05, 0.1) is 16.1 Å². The quantitative estimate of drug-likeness (QED) is 0.830. The van der Waals surface area contributed by atoms with Crippen LogP contribution in [0.2, 0.25) is 0 Å². The first-order valence-electron chi connectivity index (χ1n) is 6.96. The first kappa shape index (κ1) is 16.7. The number of hydrogen-bond acceptors (Lipinski definition) is 3. The van der Waals surface area contributed by atoms with E-state index in [1.165, 1.54) is 6.07 Å². The number of rotatable bonds is 3. The van der Waals surface area contributed by atoms with Gasteiger partial charge in [0.1, 0.15) is 5.82 Å². The molecule has 1 aliphatic rings. The van der Waals surface area contributed by atoms with Gasteiger partial charge in [0.15, 0.2) is 0 Å². The fourth-order valence-corrected chi connectivity index (χ4v) is 2.86. The van der Waals surface area contributed by atoms with Crippen molar-refractivity contribution in [1.29, 1.82) is 0 Å². The zero-order chi connectivity index (χ0) is 16.4. The SMILES string of the molecule is CC1=C(C(=O)OC(C)C)[C@@H](c2ccc(F)c(Br)c2)CC(=O)N1. The van der Waals surface area contributed by atoms with Crippen molar-refractivity contribution >= 4 is 27.8 Å². The highest BCUT2D eigenvalue weighted by Crippen LogP contribution is 2.35. The van der Waals surface area contributed by atoms with Gasteiger partial charge in [-0.3, -0.25) is 4.79 Å². The zero-order valence-electron chi connectivity index (χ0n) is 12.6. The third-order valence-electron chi connectivity index (χ3n) is 3.38. The smallest absolute Gasteiger partial charge is 0.336 e. The number of carbonyl (C=O) groups is 2. The largest absolute Gasteiger partial charge is 0.460 e. The minimum absolute atomic E-state index is 0.123. The van der Waals surface area contributed by atoms with Crippen LogP contribution in [-0.4, -0.2) is 18.0 Å². The molecule has 1 amide bonds. The van der Waals surface area contributed by atoms with Crippen molar-refractivity contribution in [3.05, 3.63) is 45.3 Å². The molecule has 118 valence electrons. The summed E-state index contributed by atoms with van der Waals surface area (Å²) >= 11 is 3.13. The minimum Gasteiger partial charge on any atom is -0.460 e. The second-order valence-electron chi connectivity index (χ2n) is 5.47. The summed E-state index contributed by atoms with van der Waals surface area (Å²) in [5.41, 5.74) is 1.58. The molecule has 0 bridgehead atoms. The van der Waals surface area contributed by atoms with E-state index >= 15 is 0 Å². The summed E-state index contributed by atoms with van der Waals surface area (Å²) in [6, 6.07) is 4.49. The van der Waals surface area contributed by atoms with Crippen LogP contribution in [0.15, 0.2) is 33.9 Å². The molecule has 1 atom stereocenters. The highest BCUT2D eigenvalue weighted by Gasteiger charge is 2.33. The topological polar surface area (TPSA) is 55.4 Å². The molecule has 1 N–H and O–H groups in total. The molecule has 0 saturated carbocycles. The number of benzene rings is 1. The van der Waals surface area contributed by atoms with E-state index in [0.29, 0.717) is 21.3 Å². The van der Waals surface area contributed by atoms with Gasteiger partial charge >= 0.3 is 5.97 Å². The van der Waals surface area contributed by atoms with E-state index in [9.17, 15) is 14.0 Å². The molecule has 2 rings (SSSR count). The van der Waals surface area contributed by atoms with Crippen molar-refractivity contribution in [3.8, 4) is 0 Å². The fourth-order valence-electron chi connectivity index (χ4n) is 2.46. The van der Waals surface area contributed by atoms with Gasteiger partial charge in [-0.25, -0.2) is 9.18 Å². The van der Waals surface area contributed by atoms with Crippen molar-refractivity contribution in [2.24, 2.45) is 0 Å². The molecule has 0 unspecified atom stereocenters. The van der Waals surface area contributed by atoms with E-state index in [4.69, 9.17) is 4.74 Å². The molecule has 0 radical (unpaired) electrons. The normalized spacial score (nSPS) is 18.5. The number of carbonyl (C=O) groups excluding carboxylic acids is 2. The van der Waals surface area contributed by atoms with Gasteiger partial charge in [-0.1, -0.05) is 6.07 Å². The highest BCUT2D eigenvalue weighted by molar-refractivity contribution is 9.10. The molecule has 0 spiro atoms. The molecule has 0 aromatic heterocycles. The monoisotopic (exact) mass is 369 g/mol. The van der Waals surface area contributed by atoms with Crippen molar-refractivity contribution in [3.63, 3.8) is 0 Å². The Hall–Kier alpha value is -1.69. The Bertz CT molecular complexity index is 655. The van der Waals surface area contributed by atoms with E-state index in [2.05, 4.69) is 21.2 Å². The Morgan fingerprint density at radius 1 is 1.45 bits per heavy atom. The highest BCUT2D eigenvalue weighted by atomic mass is 79.9. The van der Waals surface area contributed by atoms with Gasteiger partial charge in [-0.15, -0.1) is 0 Å². The molecule has 0 aliphatic carbocycles. The number of hydrogen-bond donors (Lipinski definition) is 1. The van der Waals surface area contributed by atoms with Crippen LogP contribution in [-0.2, 0) is 14.3 Å². The second-order valence-corrected chi connectivity index (χ2v) is 6.33. The molecule has 22 heavy (non-hydrogen) atoms. The van der Waals surface area contributed by atoms with Crippen LogP contribution < -0.4 is 5.32 Å². The van der Waals surface area contributed by atoms with Gasteiger partial charge < -0.3 is 10.1 Å². The molecular weight excluding hydrogens is 353 g/mol. The molecule has 1 aromatic carbocycles. The van der Waals surface area contributed by atoms with Crippen molar-refractivity contribution in [1.82, 2.24) is 5.32 Å². The first-order valence-corrected chi connectivity index (χ1v) is 7.75. The van der Waals surface area contributed by atoms with Gasteiger partial charge in [0.2, 0.25) is 5.91 Å². The molecule has 1 aliphatic heterocycles. The van der Waals surface area contributed by atoms with Crippen molar-refractivity contribution < 1.29 is 18.7 Å². The number of halogens is 2. The van der Waals surface area contributed by atoms with Crippen LogP contribution in [0.1, 0.15) is 38.7 Å². The van der Waals surface area contributed by atoms with Crippen LogP contribution >= 0.6 is 15.9 Å². The second kappa shape index (κ2) is 6.60. The lowest BCUT2D eigenvalue weighted by molar-refractivity contribution is -0.143. The van der Waals surface area contributed by atoms with Crippen LogP contribution in [0.5, 0.6) is 0 Å². The Labute approximate surface area is 136 Å². The van der Waals surface area contributed by atoms with E-state index in [-0.39, 0.29) is 18.4 Å². The average molecular weight is 370 g/mol. The summed E-state index contributed by atoms with van der Waals surface area (Å²) in [7, 11) is 0. The Kier molecular flexibility index (Phi) is 5.01. The van der Waals surface area contributed by atoms with Gasteiger partial charge in [-0.2, -0.15) is 0 Å². The minimum atomic E-state index is -0.460. The number of amides is 1. The van der Waals surface area contributed by atoms with E-state index in [1.807, 2.05) is 0 Å². The number of allylic oxidation sites excluding steroid dienone is 1. The molecular formula is C16H17BrFNO3. The van der Waals surface area contributed by atoms with Gasteiger partial charge in [0.25, 0.3) is 0 Å². The Morgan fingerprint density at radius 3 is 2.73 bits per heavy atom. The van der Waals surface area contributed by atoms with E-state index in [1.54, 1.807) is 32.9 Å². The maximum absolute atomic E-state index is 13.4. The number of esters is 1. The maximum Gasteiger partial charge on any atom is 0.336 e. The lowest BCUT2D eigenvalue weighted by atomic mass is 9.84. The van der Waals surface area contributed by atoms with Crippen LogP contribution in [0.25, 0.3) is 0 Å². The molecule has 1 aromatic rings. The third-order valence-corrected chi connectivity index (χ3v) is 3.99. The van der Waals surface area contributed by atoms with Gasteiger partial charge in [-0.05, 0) is 54.4 Å². The van der Waals surface area contributed by atoms with E-state index < -0.39 is 17.7 Å². The fraction of sp³-hybridized carbons (Fsp3) is 0.375. The Balaban J connectivity index is 2.45. The molecule has 6 heteroatoms. The van der Waals surface area contributed by atoms with Crippen LogP contribution in [0, 0.1) is 5.82 Å². The standard InChI is InChI=1S/C16H17BrFNO3/c1-8(2)22-16(21)15-9(3)19-14(20)7-11(15)10-4-5-13(18)12(17)6-10/h4-6,8,11H,7H2,1-3H3,(H,19,20)/t11-/m1/s1. The molecule has 0 saturated heterocycles. The summed E-state index contributed by atoms with van der Waals surface area (Å²) in [4.78, 5) is 24.2. The van der Waals surface area contributed by atoms with Crippen molar-refractivity contribution in [2.45, 2.75) is 39.2 Å². The third kappa shape index (κ3) is 3.55. The summed E-state index contributed by atoms with van der Waals surface area (Å²) in [6.45, 7) is 5.19. The number of ether oxygens (including phenoxy) is 1. The molecule has 4 nitrogen and oxygen atoms in total. The average Bonchev–Trinajstić information content (AvgIpc) is 2.39. The van der Waals surface area contributed by atoms with Crippen molar-refractivity contribution in [2.75, 3.05) is 0 Å².